The number of fused-ring (bicyclic) bond motifs is 3. The molecule has 0 radical (unpaired) electrons. The molecule has 27 heavy (non-hydrogen) atoms. The Balaban J connectivity index is 2.24. The summed E-state index contributed by atoms with van der Waals surface area (Å²) in [4.78, 5) is 0. The Hall–Kier alpha value is -3.12. The average molecular weight is 355 g/mol. The van der Waals surface area contributed by atoms with E-state index in [1.807, 2.05) is 25.1 Å². The highest BCUT2D eigenvalue weighted by Crippen LogP contribution is 2.42. The first-order valence-electron chi connectivity index (χ1n) is 9.28. The standard InChI is InChI=1S/C24H23N2O/c1-14(2)19-12-15(3)21(20-8-6-7-11-26(20)5)24-22(19)18-10-9-17(13-25)16(4)23(18)27-24/h6-12,14H,1-5H3/q+1. The van der Waals surface area contributed by atoms with Crippen molar-refractivity contribution in [3.63, 3.8) is 0 Å². The first kappa shape index (κ1) is 17.3. The van der Waals surface area contributed by atoms with Gasteiger partial charge in [0.15, 0.2) is 6.20 Å². The molecule has 4 rings (SSSR count). The number of hydrogen-bond acceptors (Lipinski definition) is 2. The second-order valence-corrected chi connectivity index (χ2v) is 7.54. The third kappa shape index (κ3) is 2.52. The minimum absolute atomic E-state index is 0.376. The number of nitrogens with zero attached hydrogens (tertiary/aromatic N) is 2. The van der Waals surface area contributed by atoms with Gasteiger partial charge in [-0.05, 0) is 49.1 Å². The maximum Gasteiger partial charge on any atom is 0.216 e. The summed E-state index contributed by atoms with van der Waals surface area (Å²) < 4.78 is 8.60. The number of rotatable bonds is 2. The summed E-state index contributed by atoms with van der Waals surface area (Å²) >= 11 is 0. The quantitative estimate of drug-likeness (QED) is 0.433. The molecule has 0 saturated heterocycles. The van der Waals surface area contributed by atoms with Gasteiger partial charge in [-0.2, -0.15) is 5.26 Å². The molecule has 0 aliphatic rings. The summed E-state index contributed by atoms with van der Waals surface area (Å²) in [7, 11) is 2.05. The molecule has 0 unspecified atom stereocenters. The van der Waals surface area contributed by atoms with Gasteiger partial charge in [-0.1, -0.05) is 19.9 Å². The molecular weight excluding hydrogens is 332 g/mol. The minimum atomic E-state index is 0.376. The summed E-state index contributed by atoms with van der Waals surface area (Å²) in [5, 5.41) is 11.7. The molecule has 0 bridgehead atoms. The highest BCUT2D eigenvalue weighted by Gasteiger charge is 2.24. The fraction of sp³-hybridized carbons (Fsp3) is 0.250. The van der Waals surface area contributed by atoms with Crippen molar-refractivity contribution in [2.75, 3.05) is 0 Å². The van der Waals surface area contributed by atoms with Gasteiger partial charge in [0.25, 0.3) is 0 Å². The highest BCUT2D eigenvalue weighted by atomic mass is 16.3. The van der Waals surface area contributed by atoms with Gasteiger partial charge in [-0.15, -0.1) is 0 Å². The van der Waals surface area contributed by atoms with Gasteiger partial charge in [0, 0.05) is 28.5 Å². The van der Waals surface area contributed by atoms with Crippen LogP contribution in [0.25, 0.3) is 33.2 Å². The third-order valence-corrected chi connectivity index (χ3v) is 5.44. The average Bonchev–Trinajstić information content (AvgIpc) is 3.02. The number of nitriles is 1. The zero-order chi connectivity index (χ0) is 19.3. The maximum absolute atomic E-state index is 9.41. The molecule has 2 heterocycles. The Kier molecular flexibility index (Phi) is 4.00. The van der Waals surface area contributed by atoms with Crippen LogP contribution in [0.2, 0.25) is 0 Å². The van der Waals surface area contributed by atoms with E-state index >= 15 is 0 Å². The Morgan fingerprint density at radius 1 is 1.07 bits per heavy atom. The monoisotopic (exact) mass is 355 g/mol. The molecule has 0 aliphatic carbocycles. The topological polar surface area (TPSA) is 40.8 Å². The number of pyridine rings is 1. The van der Waals surface area contributed by atoms with Crippen LogP contribution >= 0.6 is 0 Å². The van der Waals surface area contributed by atoms with Crippen LogP contribution in [0.3, 0.4) is 0 Å². The van der Waals surface area contributed by atoms with Crippen LogP contribution in [0.15, 0.2) is 47.0 Å². The molecule has 0 aliphatic heterocycles. The zero-order valence-corrected chi connectivity index (χ0v) is 16.4. The molecule has 0 fully saturated rings. The number of aryl methyl sites for hydroxylation is 3. The van der Waals surface area contributed by atoms with Crippen LogP contribution in [0.5, 0.6) is 0 Å². The summed E-state index contributed by atoms with van der Waals surface area (Å²) in [6.45, 7) is 8.54. The Bertz CT molecular complexity index is 1240. The van der Waals surface area contributed by atoms with E-state index in [2.05, 4.69) is 62.9 Å². The number of furan rings is 1. The smallest absolute Gasteiger partial charge is 0.216 e. The van der Waals surface area contributed by atoms with Crippen molar-refractivity contribution in [3.8, 4) is 17.3 Å². The molecule has 3 heteroatoms. The predicted octanol–water partition coefficient (Wildman–Crippen LogP) is 5.69. The zero-order valence-electron chi connectivity index (χ0n) is 16.4. The summed E-state index contributed by atoms with van der Waals surface area (Å²) in [6, 6.07) is 14.7. The van der Waals surface area contributed by atoms with Gasteiger partial charge < -0.3 is 4.42 Å². The van der Waals surface area contributed by atoms with Gasteiger partial charge in [0.2, 0.25) is 5.69 Å². The van der Waals surface area contributed by atoms with Crippen molar-refractivity contribution in [2.24, 2.45) is 7.05 Å². The Morgan fingerprint density at radius 2 is 1.85 bits per heavy atom. The van der Waals surface area contributed by atoms with Crippen molar-refractivity contribution in [1.29, 1.82) is 5.26 Å². The number of aromatic nitrogens is 1. The van der Waals surface area contributed by atoms with Crippen LogP contribution in [-0.2, 0) is 7.05 Å². The number of benzene rings is 2. The van der Waals surface area contributed by atoms with E-state index in [9.17, 15) is 5.26 Å². The molecule has 0 atom stereocenters. The largest absolute Gasteiger partial charge is 0.455 e. The van der Waals surface area contributed by atoms with E-state index in [1.54, 1.807) is 0 Å². The van der Waals surface area contributed by atoms with E-state index in [0.29, 0.717) is 11.5 Å². The van der Waals surface area contributed by atoms with Gasteiger partial charge in [-0.25, -0.2) is 4.57 Å². The molecule has 4 aromatic rings. The first-order valence-corrected chi connectivity index (χ1v) is 9.28. The maximum atomic E-state index is 9.41. The molecule has 0 spiro atoms. The summed E-state index contributed by atoms with van der Waals surface area (Å²) in [5.74, 6) is 0.376. The van der Waals surface area contributed by atoms with Crippen LogP contribution in [0.4, 0.5) is 0 Å². The SMILES string of the molecule is Cc1cc(C(C)C)c2c(oc3c(C)c(C#N)ccc32)c1-c1cccc[n+]1C. The lowest BCUT2D eigenvalue weighted by atomic mass is 9.90. The van der Waals surface area contributed by atoms with Crippen molar-refractivity contribution < 1.29 is 8.98 Å². The molecule has 2 aromatic heterocycles. The van der Waals surface area contributed by atoms with Crippen LogP contribution in [0.1, 0.15) is 42.0 Å². The highest BCUT2D eigenvalue weighted by molar-refractivity contribution is 6.12. The molecular formula is C24H23N2O+. The molecule has 3 nitrogen and oxygen atoms in total. The van der Waals surface area contributed by atoms with Gasteiger partial charge in [0.1, 0.15) is 18.2 Å². The van der Waals surface area contributed by atoms with Crippen LogP contribution in [-0.4, -0.2) is 0 Å². The van der Waals surface area contributed by atoms with Crippen molar-refractivity contribution in [3.05, 3.63) is 64.8 Å². The third-order valence-electron chi connectivity index (χ3n) is 5.44. The fourth-order valence-corrected chi connectivity index (χ4v) is 3.99. The molecule has 2 aromatic carbocycles. The van der Waals surface area contributed by atoms with E-state index in [-0.39, 0.29) is 0 Å². The lowest BCUT2D eigenvalue weighted by Crippen LogP contribution is -2.30. The molecule has 0 saturated carbocycles. The van der Waals surface area contributed by atoms with Gasteiger partial charge >= 0.3 is 0 Å². The van der Waals surface area contributed by atoms with Gasteiger partial charge in [0.05, 0.1) is 17.2 Å². The summed E-state index contributed by atoms with van der Waals surface area (Å²) in [6.07, 6.45) is 2.05. The normalized spacial score (nSPS) is 11.4. The van der Waals surface area contributed by atoms with E-state index in [0.717, 1.165) is 38.8 Å². The lowest BCUT2D eigenvalue weighted by molar-refractivity contribution is -0.660. The van der Waals surface area contributed by atoms with E-state index in [1.165, 1.54) is 11.1 Å². The number of hydrogen-bond donors (Lipinski definition) is 0. The molecule has 0 amide bonds. The fourth-order valence-electron chi connectivity index (χ4n) is 3.99. The van der Waals surface area contributed by atoms with Crippen LogP contribution < -0.4 is 4.57 Å². The van der Waals surface area contributed by atoms with E-state index < -0.39 is 0 Å². The second-order valence-electron chi connectivity index (χ2n) is 7.54. The van der Waals surface area contributed by atoms with Crippen LogP contribution in [0, 0.1) is 25.2 Å². The van der Waals surface area contributed by atoms with E-state index in [4.69, 9.17) is 4.42 Å². The molecule has 0 N–H and O–H groups in total. The van der Waals surface area contributed by atoms with Crippen molar-refractivity contribution in [2.45, 2.75) is 33.6 Å². The molecule has 134 valence electrons. The summed E-state index contributed by atoms with van der Waals surface area (Å²) in [5.41, 5.74) is 8.01. The Morgan fingerprint density at radius 3 is 2.52 bits per heavy atom. The van der Waals surface area contributed by atoms with Crippen molar-refractivity contribution >= 4 is 21.9 Å². The first-order chi connectivity index (χ1) is 12.9. The Labute approximate surface area is 159 Å². The minimum Gasteiger partial charge on any atom is -0.455 e. The second kappa shape index (κ2) is 6.25. The van der Waals surface area contributed by atoms with Gasteiger partial charge in [-0.3, -0.25) is 0 Å². The van der Waals surface area contributed by atoms with Crippen molar-refractivity contribution in [1.82, 2.24) is 0 Å². The predicted molar refractivity (Wildman–Crippen MR) is 109 cm³/mol. The lowest BCUT2D eigenvalue weighted by Gasteiger charge is -2.12.